The van der Waals surface area contributed by atoms with Gasteiger partial charge in [-0.1, -0.05) is 24.3 Å². The van der Waals surface area contributed by atoms with Crippen molar-refractivity contribution in [1.82, 2.24) is 0 Å². The Labute approximate surface area is 212 Å². The molecule has 1 fully saturated rings. The quantitative estimate of drug-likeness (QED) is 0.257. The van der Waals surface area contributed by atoms with Gasteiger partial charge >= 0.3 is 11.9 Å². The van der Waals surface area contributed by atoms with Crippen LogP contribution in [-0.4, -0.2) is 24.4 Å². The summed E-state index contributed by atoms with van der Waals surface area (Å²) < 4.78 is 37.5. The smallest absolute Gasteiger partial charge is 0.325 e. The lowest BCUT2D eigenvalue weighted by molar-refractivity contribution is -0.147. The lowest BCUT2D eigenvalue weighted by Gasteiger charge is -2.48. The fourth-order valence-electron chi connectivity index (χ4n) is 4.51. The van der Waals surface area contributed by atoms with Gasteiger partial charge in [0.25, 0.3) is 0 Å². The molecule has 192 valence electrons. The number of halogens is 2. The number of amides is 1. The maximum Gasteiger partial charge on any atom is 0.325 e. The van der Waals surface area contributed by atoms with E-state index in [-0.39, 0.29) is 18.5 Å². The second-order valence-electron chi connectivity index (χ2n) is 8.71. The zero-order valence-corrected chi connectivity index (χ0v) is 20.1. The van der Waals surface area contributed by atoms with Crippen molar-refractivity contribution in [3.8, 4) is 5.75 Å². The van der Waals surface area contributed by atoms with Gasteiger partial charge in [-0.25, -0.2) is 8.78 Å². The minimum Gasteiger partial charge on any atom is -0.458 e. The second kappa shape index (κ2) is 11.3. The number of hydrogen-bond donors (Lipinski definition) is 1. The zero-order chi connectivity index (χ0) is 26.5. The third kappa shape index (κ3) is 6.00. The molecule has 3 aromatic carbocycles. The fraction of sp³-hybridized carbons (Fsp3) is 0.250. The summed E-state index contributed by atoms with van der Waals surface area (Å²) in [4.78, 5) is 38.1. The highest BCUT2D eigenvalue weighted by molar-refractivity contribution is 6.03. The zero-order valence-electron chi connectivity index (χ0n) is 20.1. The van der Waals surface area contributed by atoms with E-state index in [1.54, 1.807) is 41.3 Å². The van der Waals surface area contributed by atoms with Crippen LogP contribution in [-0.2, 0) is 19.1 Å². The molecule has 3 atom stereocenters. The van der Waals surface area contributed by atoms with Gasteiger partial charge in [-0.15, -0.1) is 0 Å². The summed E-state index contributed by atoms with van der Waals surface area (Å²) in [7, 11) is 0. The Morgan fingerprint density at radius 2 is 1.54 bits per heavy atom. The second-order valence-corrected chi connectivity index (χ2v) is 8.71. The third-order valence-electron chi connectivity index (χ3n) is 6.23. The molecule has 1 aliphatic heterocycles. The van der Waals surface area contributed by atoms with E-state index < -0.39 is 35.6 Å². The molecule has 0 aromatic heterocycles. The summed E-state index contributed by atoms with van der Waals surface area (Å²) in [5.74, 6) is -2.18. The van der Waals surface area contributed by atoms with Crippen molar-refractivity contribution in [2.75, 3.05) is 11.4 Å². The van der Waals surface area contributed by atoms with Crippen LogP contribution in [0.15, 0.2) is 72.8 Å². The molecule has 1 heterocycles. The van der Waals surface area contributed by atoms with Crippen LogP contribution >= 0.6 is 0 Å². The number of anilines is 1. The Bertz CT molecular complexity index is 1260. The average molecular weight is 509 g/mol. The van der Waals surface area contributed by atoms with Gasteiger partial charge in [0.05, 0.1) is 18.5 Å². The molecular formula is C28H26F2N2O5. The maximum absolute atomic E-state index is 13.5. The van der Waals surface area contributed by atoms with Gasteiger partial charge in [0.15, 0.2) is 0 Å². The number of hydrogen-bond acceptors (Lipinski definition) is 6. The monoisotopic (exact) mass is 508 g/mol. The van der Waals surface area contributed by atoms with Gasteiger partial charge in [-0.05, 0) is 72.5 Å². The van der Waals surface area contributed by atoms with E-state index in [1.807, 2.05) is 0 Å². The summed E-state index contributed by atoms with van der Waals surface area (Å²) in [5.41, 5.74) is 7.25. The van der Waals surface area contributed by atoms with Crippen molar-refractivity contribution >= 4 is 23.5 Å². The Morgan fingerprint density at radius 3 is 2.11 bits per heavy atom. The third-order valence-corrected chi connectivity index (χ3v) is 6.23. The van der Waals surface area contributed by atoms with E-state index in [1.165, 1.54) is 43.3 Å². The van der Waals surface area contributed by atoms with E-state index in [0.29, 0.717) is 29.8 Å². The number of rotatable bonds is 9. The Balaban J connectivity index is 1.58. The highest BCUT2D eigenvalue weighted by Crippen LogP contribution is 2.46. The molecule has 0 aliphatic carbocycles. The molecule has 0 bridgehead atoms. The SMILES string of the molecule is CC(=O)O[C@@H](CC[C@H]1C(=O)N(c2ccc(F)cc2)[C@@H]1c1ccc(OC(=O)CN)cc1)c1ccc(F)cc1. The Morgan fingerprint density at radius 1 is 0.946 bits per heavy atom. The van der Waals surface area contributed by atoms with Crippen molar-refractivity contribution in [3.63, 3.8) is 0 Å². The molecule has 1 amide bonds. The predicted octanol–water partition coefficient (Wildman–Crippen LogP) is 4.62. The summed E-state index contributed by atoms with van der Waals surface area (Å²) in [6.45, 7) is 1.04. The molecule has 37 heavy (non-hydrogen) atoms. The minimum absolute atomic E-state index is 0.157. The molecule has 7 nitrogen and oxygen atoms in total. The summed E-state index contributed by atoms with van der Waals surface area (Å²) in [6.07, 6.45) is 0.0617. The first-order chi connectivity index (χ1) is 17.8. The highest BCUT2D eigenvalue weighted by atomic mass is 19.1. The molecule has 0 spiro atoms. The van der Waals surface area contributed by atoms with E-state index in [0.717, 1.165) is 5.56 Å². The molecular weight excluding hydrogens is 482 g/mol. The molecule has 0 unspecified atom stereocenters. The van der Waals surface area contributed by atoms with E-state index >= 15 is 0 Å². The van der Waals surface area contributed by atoms with Gasteiger partial charge in [0.1, 0.15) is 23.5 Å². The highest BCUT2D eigenvalue weighted by Gasteiger charge is 2.48. The fourth-order valence-corrected chi connectivity index (χ4v) is 4.51. The largest absolute Gasteiger partial charge is 0.458 e. The molecule has 2 N–H and O–H groups in total. The van der Waals surface area contributed by atoms with Crippen molar-refractivity contribution in [2.45, 2.75) is 31.9 Å². The first-order valence-electron chi connectivity index (χ1n) is 11.8. The number of ether oxygens (including phenoxy) is 2. The number of β-lactam (4-membered cyclic amide) rings is 1. The number of carbonyl (C=O) groups excluding carboxylic acids is 3. The first kappa shape index (κ1) is 26.0. The molecule has 4 rings (SSSR count). The van der Waals surface area contributed by atoms with Crippen LogP contribution in [0.5, 0.6) is 5.75 Å². The maximum atomic E-state index is 13.5. The van der Waals surface area contributed by atoms with Crippen molar-refractivity contribution in [3.05, 3.63) is 95.6 Å². The Hall–Kier alpha value is -4.11. The predicted molar refractivity (Wildman–Crippen MR) is 131 cm³/mol. The van der Waals surface area contributed by atoms with Crippen LogP contribution in [0.2, 0.25) is 0 Å². The molecule has 1 aliphatic rings. The van der Waals surface area contributed by atoms with Crippen molar-refractivity contribution < 1.29 is 32.6 Å². The summed E-state index contributed by atoms with van der Waals surface area (Å²) in [6, 6.07) is 17.7. The molecule has 0 saturated carbocycles. The summed E-state index contributed by atoms with van der Waals surface area (Å²) in [5, 5.41) is 0. The molecule has 0 radical (unpaired) electrons. The number of nitrogens with zero attached hydrogens (tertiary/aromatic N) is 1. The standard InChI is InChI=1S/C28H26F2N2O5/c1-17(33)36-25(18-2-6-20(29)7-3-18)15-14-24-27(19-4-12-23(13-5-19)37-26(34)16-31)32(28(24)35)22-10-8-21(30)9-11-22/h2-13,24-25,27H,14-16,31H2,1H3/t24-,25+,27-/m1/s1. The minimum atomic E-state index is -0.649. The summed E-state index contributed by atoms with van der Waals surface area (Å²) >= 11 is 0. The van der Waals surface area contributed by atoms with Crippen LogP contribution in [0.25, 0.3) is 0 Å². The lowest BCUT2D eigenvalue weighted by Crippen LogP contribution is -2.55. The van der Waals surface area contributed by atoms with Gasteiger partial charge in [0, 0.05) is 12.6 Å². The van der Waals surface area contributed by atoms with Crippen LogP contribution < -0.4 is 15.4 Å². The van der Waals surface area contributed by atoms with Gasteiger partial charge in [-0.3, -0.25) is 14.4 Å². The normalized spacial score (nSPS) is 17.6. The van der Waals surface area contributed by atoms with Gasteiger partial charge in [-0.2, -0.15) is 0 Å². The number of nitrogens with two attached hydrogens (primary N) is 1. The first-order valence-corrected chi connectivity index (χ1v) is 11.8. The Kier molecular flexibility index (Phi) is 7.93. The number of carbonyl (C=O) groups is 3. The van der Waals surface area contributed by atoms with Crippen molar-refractivity contribution in [2.24, 2.45) is 11.7 Å². The lowest BCUT2D eigenvalue weighted by atomic mass is 9.78. The van der Waals surface area contributed by atoms with Gasteiger partial charge in [0.2, 0.25) is 5.91 Å². The van der Waals surface area contributed by atoms with E-state index in [4.69, 9.17) is 15.2 Å². The average Bonchev–Trinajstić information content (AvgIpc) is 2.88. The van der Waals surface area contributed by atoms with Crippen LogP contribution in [0, 0.1) is 17.6 Å². The molecule has 1 saturated heterocycles. The van der Waals surface area contributed by atoms with E-state index in [9.17, 15) is 23.2 Å². The molecule has 9 heteroatoms. The number of esters is 2. The van der Waals surface area contributed by atoms with Crippen LogP contribution in [0.3, 0.4) is 0 Å². The van der Waals surface area contributed by atoms with Gasteiger partial charge < -0.3 is 20.1 Å². The molecule has 3 aromatic rings. The number of benzene rings is 3. The van der Waals surface area contributed by atoms with E-state index in [2.05, 4.69) is 0 Å². The van der Waals surface area contributed by atoms with Crippen LogP contribution in [0.4, 0.5) is 14.5 Å². The van der Waals surface area contributed by atoms with Crippen LogP contribution in [0.1, 0.15) is 43.0 Å². The van der Waals surface area contributed by atoms with Crippen molar-refractivity contribution in [1.29, 1.82) is 0 Å². The topological polar surface area (TPSA) is 98.9 Å².